The Balaban J connectivity index is 1.74. The van der Waals surface area contributed by atoms with Crippen LogP contribution in [0.25, 0.3) is 4.96 Å². The number of hydrogen-bond donors (Lipinski definition) is 0. The molecule has 0 aliphatic heterocycles. The monoisotopic (exact) mass is 320 g/mol. The van der Waals surface area contributed by atoms with Crippen LogP contribution in [0.2, 0.25) is 0 Å². The van der Waals surface area contributed by atoms with Crippen molar-refractivity contribution < 1.29 is 14.2 Å². The van der Waals surface area contributed by atoms with Crippen molar-refractivity contribution in [3.63, 3.8) is 0 Å². The van der Waals surface area contributed by atoms with E-state index in [1.54, 1.807) is 11.6 Å². The molecule has 2 heterocycles. The number of fused-ring (bicyclic) bond motifs is 1. The summed E-state index contributed by atoms with van der Waals surface area (Å²) in [6.45, 7) is 3.26. The standard InChI is InChI=1S/C14H16N4O3S/c1-3-20-10-6-4-5-7-11(10)21-9-13-17-18-12(8-19-2)15-16-14(18)22-13/h4-7H,3,8-9H2,1-2H3. The first-order chi connectivity index (χ1) is 10.8. The summed E-state index contributed by atoms with van der Waals surface area (Å²) in [6, 6.07) is 7.58. The zero-order valence-corrected chi connectivity index (χ0v) is 13.2. The molecule has 22 heavy (non-hydrogen) atoms. The Morgan fingerprint density at radius 2 is 1.86 bits per heavy atom. The van der Waals surface area contributed by atoms with Crippen LogP contribution in [0.15, 0.2) is 24.3 Å². The number of nitrogens with zero attached hydrogens (tertiary/aromatic N) is 4. The maximum absolute atomic E-state index is 5.80. The third-order valence-corrected chi connectivity index (χ3v) is 3.74. The zero-order valence-electron chi connectivity index (χ0n) is 12.4. The Labute approximate surface area is 131 Å². The highest BCUT2D eigenvalue weighted by Gasteiger charge is 2.12. The normalized spacial score (nSPS) is 11.0. The summed E-state index contributed by atoms with van der Waals surface area (Å²) >= 11 is 1.44. The van der Waals surface area contributed by atoms with Gasteiger partial charge in [0.05, 0.1) is 6.61 Å². The van der Waals surface area contributed by atoms with Crippen molar-refractivity contribution in [2.24, 2.45) is 0 Å². The molecule has 0 aliphatic rings. The highest BCUT2D eigenvalue weighted by Crippen LogP contribution is 2.27. The summed E-state index contributed by atoms with van der Waals surface area (Å²) in [5.41, 5.74) is 0. The molecule has 0 bridgehead atoms. The van der Waals surface area contributed by atoms with Gasteiger partial charge in [-0.3, -0.25) is 0 Å². The molecule has 3 aromatic rings. The number of para-hydroxylation sites is 2. The molecule has 1 aromatic carbocycles. The second-order valence-corrected chi connectivity index (χ2v) is 5.45. The highest BCUT2D eigenvalue weighted by molar-refractivity contribution is 7.16. The minimum atomic E-state index is 0.352. The van der Waals surface area contributed by atoms with Gasteiger partial charge in [-0.05, 0) is 19.1 Å². The Hall–Kier alpha value is -2.19. The van der Waals surface area contributed by atoms with E-state index >= 15 is 0 Å². The predicted octanol–water partition coefficient (Wildman–Crippen LogP) is 2.31. The topological polar surface area (TPSA) is 70.8 Å². The number of aromatic nitrogens is 4. The van der Waals surface area contributed by atoms with Crippen LogP contribution in [0.4, 0.5) is 0 Å². The van der Waals surface area contributed by atoms with Gasteiger partial charge < -0.3 is 14.2 Å². The molecule has 0 unspecified atom stereocenters. The molecular weight excluding hydrogens is 304 g/mol. The fourth-order valence-electron chi connectivity index (χ4n) is 1.96. The van der Waals surface area contributed by atoms with Gasteiger partial charge in [0.2, 0.25) is 4.96 Å². The molecule has 0 saturated carbocycles. The van der Waals surface area contributed by atoms with Crippen LogP contribution in [0.3, 0.4) is 0 Å². The van der Waals surface area contributed by atoms with Crippen LogP contribution < -0.4 is 9.47 Å². The number of ether oxygens (including phenoxy) is 3. The largest absolute Gasteiger partial charge is 0.490 e. The molecule has 0 N–H and O–H groups in total. The minimum Gasteiger partial charge on any atom is -0.490 e. The highest BCUT2D eigenvalue weighted by atomic mass is 32.1. The van der Waals surface area contributed by atoms with Crippen LogP contribution in [-0.2, 0) is 18.0 Å². The Morgan fingerprint density at radius 1 is 1.09 bits per heavy atom. The molecule has 0 amide bonds. The maximum Gasteiger partial charge on any atom is 0.234 e. The van der Waals surface area contributed by atoms with Gasteiger partial charge in [-0.15, -0.1) is 10.2 Å². The van der Waals surface area contributed by atoms with E-state index in [1.165, 1.54) is 11.3 Å². The van der Waals surface area contributed by atoms with E-state index in [1.807, 2.05) is 31.2 Å². The molecule has 8 heteroatoms. The van der Waals surface area contributed by atoms with Gasteiger partial charge in [0.15, 0.2) is 22.3 Å². The van der Waals surface area contributed by atoms with E-state index in [2.05, 4.69) is 15.3 Å². The summed E-state index contributed by atoms with van der Waals surface area (Å²) in [5, 5.41) is 13.3. The summed E-state index contributed by atoms with van der Waals surface area (Å²) < 4.78 is 18.1. The van der Waals surface area contributed by atoms with Crippen molar-refractivity contribution in [1.29, 1.82) is 0 Å². The van der Waals surface area contributed by atoms with Gasteiger partial charge in [0, 0.05) is 7.11 Å². The number of hydrogen-bond acceptors (Lipinski definition) is 7. The van der Waals surface area contributed by atoms with Crippen LogP contribution in [0, 0.1) is 0 Å². The average molecular weight is 320 g/mol. The fraction of sp³-hybridized carbons (Fsp3) is 0.357. The van der Waals surface area contributed by atoms with Crippen LogP contribution in [0.1, 0.15) is 17.8 Å². The van der Waals surface area contributed by atoms with E-state index in [0.717, 1.165) is 15.7 Å². The SMILES string of the molecule is CCOc1ccccc1OCc1nn2c(COC)nnc2s1. The Kier molecular flexibility index (Phi) is 4.50. The minimum absolute atomic E-state index is 0.352. The van der Waals surface area contributed by atoms with Crippen molar-refractivity contribution in [1.82, 2.24) is 19.8 Å². The molecule has 0 saturated heterocycles. The molecule has 0 spiro atoms. The van der Waals surface area contributed by atoms with Crippen LogP contribution in [0.5, 0.6) is 11.5 Å². The van der Waals surface area contributed by atoms with E-state index in [9.17, 15) is 0 Å². The molecule has 3 rings (SSSR count). The summed E-state index contributed by atoms with van der Waals surface area (Å²) in [4.78, 5) is 0.726. The molecule has 0 fully saturated rings. The fourth-order valence-corrected chi connectivity index (χ4v) is 2.72. The van der Waals surface area contributed by atoms with Gasteiger partial charge in [0.25, 0.3) is 0 Å². The first-order valence-electron chi connectivity index (χ1n) is 6.85. The molecule has 0 atom stereocenters. The van der Waals surface area contributed by atoms with E-state index in [0.29, 0.717) is 31.4 Å². The lowest BCUT2D eigenvalue weighted by atomic mass is 10.3. The summed E-state index contributed by atoms with van der Waals surface area (Å²) in [5.74, 6) is 2.11. The second-order valence-electron chi connectivity index (χ2n) is 4.41. The van der Waals surface area contributed by atoms with Gasteiger partial charge >= 0.3 is 0 Å². The van der Waals surface area contributed by atoms with Gasteiger partial charge in [-0.25, -0.2) is 0 Å². The Bertz CT molecular complexity index is 755. The van der Waals surface area contributed by atoms with Crippen molar-refractivity contribution in [3.8, 4) is 11.5 Å². The van der Waals surface area contributed by atoms with E-state index in [-0.39, 0.29) is 0 Å². The van der Waals surface area contributed by atoms with E-state index < -0.39 is 0 Å². The Morgan fingerprint density at radius 3 is 2.59 bits per heavy atom. The average Bonchev–Trinajstić information content (AvgIpc) is 3.09. The first-order valence-corrected chi connectivity index (χ1v) is 7.67. The maximum atomic E-state index is 5.80. The predicted molar refractivity (Wildman–Crippen MR) is 81.3 cm³/mol. The van der Waals surface area contributed by atoms with Gasteiger partial charge in [0.1, 0.15) is 13.2 Å². The third-order valence-electron chi connectivity index (χ3n) is 2.87. The van der Waals surface area contributed by atoms with Crippen molar-refractivity contribution in [2.75, 3.05) is 13.7 Å². The van der Waals surface area contributed by atoms with Crippen molar-refractivity contribution in [3.05, 3.63) is 35.1 Å². The smallest absolute Gasteiger partial charge is 0.234 e. The molecule has 0 radical (unpaired) electrons. The van der Waals surface area contributed by atoms with Gasteiger partial charge in [-0.1, -0.05) is 23.5 Å². The molecule has 2 aromatic heterocycles. The first kappa shape index (κ1) is 14.7. The number of rotatable bonds is 7. The van der Waals surface area contributed by atoms with Crippen molar-refractivity contribution in [2.45, 2.75) is 20.1 Å². The molecule has 116 valence electrons. The summed E-state index contributed by atoms with van der Waals surface area (Å²) in [7, 11) is 1.61. The van der Waals surface area contributed by atoms with Crippen LogP contribution in [-0.4, -0.2) is 33.5 Å². The molecular formula is C14H16N4O3S. The van der Waals surface area contributed by atoms with Gasteiger partial charge in [-0.2, -0.15) is 9.61 Å². The molecule has 7 nitrogen and oxygen atoms in total. The second kappa shape index (κ2) is 6.71. The number of benzene rings is 1. The lowest BCUT2D eigenvalue weighted by molar-refractivity contribution is 0.175. The lowest BCUT2D eigenvalue weighted by Gasteiger charge is -2.10. The molecule has 0 aliphatic carbocycles. The quantitative estimate of drug-likeness (QED) is 0.665. The van der Waals surface area contributed by atoms with Crippen molar-refractivity contribution >= 4 is 16.3 Å². The van der Waals surface area contributed by atoms with E-state index in [4.69, 9.17) is 14.2 Å². The third kappa shape index (κ3) is 3.02. The lowest BCUT2D eigenvalue weighted by Crippen LogP contribution is -2.01. The number of methoxy groups -OCH3 is 1. The summed E-state index contributed by atoms with van der Waals surface area (Å²) in [6.07, 6.45) is 0. The van der Waals surface area contributed by atoms with Crippen LogP contribution >= 0.6 is 11.3 Å². The zero-order chi connectivity index (χ0) is 15.4.